The van der Waals surface area contributed by atoms with Crippen LogP contribution in [0.1, 0.15) is 50.0 Å². The molecule has 1 amide bonds. The van der Waals surface area contributed by atoms with Gasteiger partial charge in [0.25, 0.3) is 5.91 Å². The van der Waals surface area contributed by atoms with Crippen molar-refractivity contribution in [3.8, 4) is 11.5 Å². The van der Waals surface area contributed by atoms with Crippen molar-refractivity contribution in [1.29, 1.82) is 0 Å². The van der Waals surface area contributed by atoms with Gasteiger partial charge in [-0.05, 0) is 57.0 Å². The van der Waals surface area contributed by atoms with Crippen LogP contribution in [0.25, 0.3) is 0 Å². The lowest BCUT2D eigenvalue weighted by molar-refractivity contribution is 0.0950. The van der Waals surface area contributed by atoms with E-state index in [1.807, 2.05) is 13.8 Å². The number of carbonyl (C=O) groups is 1. The summed E-state index contributed by atoms with van der Waals surface area (Å²) in [6.07, 6.45) is 0.811. The predicted octanol–water partition coefficient (Wildman–Crippen LogP) is 4.14. The van der Waals surface area contributed by atoms with Crippen molar-refractivity contribution in [3.05, 3.63) is 52.5 Å². The van der Waals surface area contributed by atoms with Crippen LogP contribution in [-0.2, 0) is 16.6 Å². The molecular weight excluding hydrogens is 440 g/mol. The van der Waals surface area contributed by atoms with E-state index < -0.39 is 10.0 Å². The average Bonchev–Trinajstić information content (AvgIpc) is 2.71. The van der Waals surface area contributed by atoms with Crippen LogP contribution in [0, 0.1) is 0 Å². The summed E-state index contributed by atoms with van der Waals surface area (Å²) in [5.41, 5.74) is 0.974. The zero-order valence-electron chi connectivity index (χ0n) is 18.2. The fourth-order valence-corrected chi connectivity index (χ4v) is 4.38. The topological polar surface area (TPSA) is 93.7 Å². The first-order valence-electron chi connectivity index (χ1n) is 10.2. The predicted molar refractivity (Wildman–Crippen MR) is 121 cm³/mol. The normalized spacial score (nSPS) is 11.4. The Morgan fingerprint density at radius 2 is 1.87 bits per heavy atom. The number of ether oxygens (including phenoxy) is 2. The van der Waals surface area contributed by atoms with Gasteiger partial charge in [-0.2, -0.15) is 0 Å². The van der Waals surface area contributed by atoms with Gasteiger partial charge in [-0.15, -0.1) is 0 Å². The Labute approximate surface area is 189 Å². The van der Waals surface area contributed by atoms with Gasteiger partial charge in [-0.3, -0.25) is 4.79 Å². The molecule has 0 aliphatic heterocycles. The molecule has 9 heteroatoms. The van der Waals surface area contributed by atoms with Gasteiger partial charge in [-0.1, -0.05) is 30.7 Å². The van der Waals surface area contributed by atoms with E-state index >= 15 is 0 Å². The molecule has 0 aliphatic carbocycles. The van der Waals surface area contributed by atoms with E-state index in [4.69, 9.17) is 21.1 Å². The van der Waals surface area contributed by atoms with Crippen molar-refractivity contribution in [3.63, 3.8) is 0 Å². The third kappa shape index (κ3) is 7.12. The number of benzene rings is 2. The second-order valence-electron chi connectivity index (χ2n) is 7.17. The number of nitrogens with one attached hydrogen (secondary N) is 2. The fourth-order valence-electron chi connectivity index (χ4n) is 2.79. The average molecular weight is 469 g/mol. The van der Waals surface area contributed by atoms with Crippen LogP contribution in [0.3, 0.4) is 0 Å². The number of hydrogen-bond donors (Lipinski definition) is 2. The van der Waals surface area contributed by atoms with Gasteiger partial charge in [0.05, 0.1) is 23.1 Å². The quantitative estimate of drug-likeness (QED) is 0.516. The molecule has 0 saturated carbocycles. The molecular formula is C22H29ClN2O5S. The maximum Gasteiger partial charge on any atom is 0.251 e. The van der Waals surface area contributed by atoms with Gasteiger partial charge >= 0.3 is 0 Å². The van der Waals surface area contributed by atoms with Crippen molar-refractivity contribution in [2.45, 2.75) is 51.6 Å². The maximum absolute atomic E-state index is 12.7. The Bertz CT molecular complexity index is 1010. The number of sulfonamides is 1. The molecule has 0 unspecified atom stereocenters. The number of carbonyl (C=O) groups excluding carboxylic acids is 1. The first-order valence-corrected chi connectivity index (χ1v) is 12.0. The largest absolute Gasteiger partial charge is 0.490 e. The molecule has 2 aromatic carbocycles. The van der Waals surface area contributed by atoms with Gasteiger partial charge in [-0.25, -0.2) is 13.1 Å². The molecule has 31 heavy (non-hydrogen) atoms. The Morgan fingerprint density at radius 3 is 2.52 bits per heavy atom. The van der Waals surface area contributed by atoms with E-state index in [9.17, 15) is 13.2 Å². The van der Waals surface area contributed by atoms with Crippen molar-refractivity contribution in [1.82, 2.24) is 10.0 Å². The highest BCUT2D eigenvalue weighted by atomic mass is 35.5. The molecule has 2 N–H and O–H groups in total. The molecule has 0 bridgehead atoms. The third-order valence-corrected chi connectivity index (χ3v) is 6.01. The monoisotopic (exact) mass is 468 g/mol. The second kappa shape index (κ2) is 11.4. The highest BCUT2D eigenvalue weighted by Crippen LogP contribution is 2.36. The van der Waals surface area contributed by atoms with E-state index in [1.165, 1.54) is 18.2 Å². The molecule has 2 rings (SSSR count). The summed E-state index contributed by atoms with van der Waals surface area (Å²) in [5.74, 6) is 0.456. The zero-order chi connectivity index (χ0) is 23.0. The second-order valence-corrected chi connectivity index (χ2v) is 9.29. The zero-order valence-corrected chi connectivity index (χ0v) is 19.8. The Balaban J connectivity index is 2.17. The highest BCUT2D eigenvalue weighted by molar-refractivity contribution is 7.89. The molecule has 0 saturated heterocycles. The van der Waals surface area contributed by atoms with Gasteiger partial charge in [0.15, 0.2) is 11.5 Å². The number of amides is 1. The molecule has 0 spiro atoms. The lowest BCUT2D eigenvalue weighted by atomic mass is 10.1. The van der Waals surface area contributed by atoms with Crippen molar-refractivity contribution in [2.24, 2.45) is 0 Å². The van der Waals surface area contributed by atoms with Crippen LogP contribution >= 0.6 is 11.6 Å². The molecule has 0 aromatic heterocycles. The lowest BCUT2D eigenvalue weighted by Crippen LogP contribution is -2.30. The van der Waals surface area contributed by atoms with Crippen LogP contribution in [-0.4, -0.2) is 33.6 Å². The van der Waals surface area contributed by atoms with Crippen molar-refractivity contribution in [2.75, 3.05) is 13.2 Å². The molecule has 7 nitrogen and oxygen atoms in total. The summed E-state index contributed by atoms with van der Waals surface area (Å²) >= 11 is 6.32. The fraction of sp³-hybridized carbons (Fsp3) is 0.409. The molecule has 0 aliphatic rings. The summed E-state index contributed by atoms with van der Waals surface area (Å²) in [4.78, 5) is 12.8. The molecule has 0 atom stereocenters. The summed E-state index contributed by atoms with van der Waals surface area (Å²) in [6.45, 7) is 8.35. The maximum atomic E-state index is 12.7. The Morgan fingerprint density at radius 1 is 1.13 bits per heavy atom. The molecule has 0 fully saturated rings. The van der Waals surface area contributed by atoms with E-state index in [2.05, 4.69) is 10.0 Å². The number of hydrogen-bond acceptors (Lipinski definition) is 5. The van der Waals surface area contributed by atoms with Crippen LogP contribution < -0.4 is 19.5 Å². The molecule has 2 aromatic rings. The summed E-state index contributed by atoms with van der Waals surface area (Å²) in [7, 11) is -3.61. The van der Waals surface area contributed by atoms with E-state index in [1.54, 1.807) is 32.0 Å². The molecule has 0 heterocycles. The van der Waals surface area contributed by atoms with Crippen LogP contribution in [0.4, 0.5) is 0 Å². The first-order chi connectivity index (χ1) is 14.7. The minimum Gasteiger partial charge on any atom is -0.490 e. The van der Waals surface area contributed by atoms with E-state index in [-0.39, 0.29) is 28.4 Å². The summed E-state index contributed by atoms with van der Waals surface area (Å²) in [5, 5.41) is 3.07. The Hall–Kier alpha value is -2.29. The minimum absolute atomic E-state index is 0.145. The van der Waals surface area contributed by atoms with Crippen LogP contribution in [0.2, 0.25) is 5.02 Å². The third-order valence-electron chi connectivity index (χ3n) is 4.07. The van der Waals surface area contributed by atoms with E-state index in [0.29, 0.717) is 35.8 Å². The molecule has 170 valence electrons. The summed E-state index contributed by atoms with van der Waals surface area (Å²) < 4.78 is 38.5. The summed E-state index contributed by atoms with van der Waals surface area (Å²) in [6, 6.07) is 9.32. The minimum atomic E-state index is -3.61. The van der Waals surface area contributed by atoms with Gasteiger partial charge in [0, 0.05) is 18.2 Å². The first kappa shape index (κ1) is 25.0. The smallest absolute Gasteiger partial charge is 0.251 e. The molecule has 0 radical (unpaired) electrons. The standard InChI is InChI=1S/C22H29ClN2O5S/c1-5-10-30-21-19(23)12-17(13-20(21)29-6-2)22(26)24-14-16-8-7-9-18(11-16)31(27,28)25-15(3)4/h7-9,11-13,15,25H,5-6,10,14H2,1-4H3,(H,24,26). The number of halogens is 1. The van der Waals surface area contributed by atoms with Gasteiger partial charge in [0.2, 0.25) is 10.0 Å². The SMILES string of the molecule is CCCOc1c(Cl)cc(C(=O)NCc2cccc(S(=O)(=O)NC(C)C)c2)cc1OCC. The van der Waals surface area contributed by atoms with Gasteiger partial charge < -0.3 is 14.8 Å². The van der Waals surface area contributed by atoms with Crippen LogP contribution in [0.15, 0.2) is 41.3 Å². The number of rotatable bonds is 11. The Kier molecular flexibility index (Phi) is 9.15. The highest BCUT2D eigenvalue weighted by Gasteiger charge is 2.18. The van der Waals surface area contributed by atoms with Gasteiger partial charge in [0.1, 0.15) is 0 Å². The van der Waals surface area contributed by atoms with Crippen molar-refractivity contribution >= 4 is 27.5 Å². The van der Waals surface area contributed by atoms with Crippen molar-refractivity contribution < 1.29 is 22.7 Å². The van der Waals surface area contributed by atoms with E-state index in [0.717, 1.165) is 6.42 Å². The van der Waals surface area contributed by atoms with Crippen LogP contribution in [0.5, 0.6) is 11.5 Å². The lowest BCUT2D eigenvalue weighted by Gasteiger charge is -2.15.